The molecule has 4 N–H and O–H groups in total. The van der Waals surface area contributed by atoms with E-state index in [4.69, 9.17) is 10.8 Å². The molecule has 0 aliphatic carbocycles. The lowest BCUT2D eigenvalue weighted by Gasteiger charge is -2.23. The van der Waals surface area contributed by atoms with E-state index in [2.05, 4.69) is 27.9 Å². The molecule has 94 valence electrons. The molecule has 1 amide bonds. The summed E-state index contributed by atoms with van der Waals surface area (Å²) in [6, 6.07) is 7.92. The number of nitrogens with one attached hydrogen (secondary N) is 1. The van der Waals surface area contributed by atoms with Crippen LogP contribution in [0.3, 0.4) is 0 Å². The lowest BCUT2D eigenvalue weighted by Crippen LogP contribution is -2.37. The zero-order valence-corrected chi connectivity index (χ0v) is 12.1. The van der Waals surface area contributed by atoms with Crippen molar-refractivity contribution in [3.8, 4) is 0 Å². The predicted molar refractivity (Wildman–Crippen MR) is 76.3 cm³/mol. The number of halogens is 1. The van der Waals surface area contributed by atoms with Crippen molar-refractivity contribution in [1.82, 2.24) is 5.32 Å². The fourth-order valence-electron chi connectivity index (χ4n) is 1.64. The minimum absolute atomic E-state index is 0.0955. The van der Waals surface area contributed by atoms with Gasteiger partial charge in [-0.3, -0.25) is 0 Å². The van der Waals surface area contributed by atoms with E-state index < -0.39 is 9.64 Å². The van der Waals surface area contributed by atoms with Crippen LogP contribution in [0, 0.1) is 0 Å². The molecule has 0 bridgehead atoms. The Morgan fingerprint density at radius 3 is 2.82 bits per heavy atom. The highest BCUT2D eigenvalue weighted by Crippen LogP contribution is 2.29. The molecule has 1 rings (SSSR count). The third-order valence-corrected chi connectivity index (χ3v) is 3.26. The highest BCUT2D eigenvalue weighted by molar-refractivity contribution is 14.1. The summed E-state index contributed by atoms with van der Waals surface area (Å²) < 4.78 is -0.628. The van der Waals surface area contributed by atoms with E-state index in [1.54, 1.807) is 0 Å². The van der Waals surface area contributed by atoms with E-state index in [1.807, 2.05) is 38.1 Å². The van der Waals surface area contributed by atoms with Gasteiger partial charge in [0.15, 0.2) is 0 Å². The Bertz CT molecular complexity index is 405. The summed E-state index contributed by atoms with van der Waals surface area (Å²) in [5, 5.41) is 11.3. The zero-order chi connectivity index (χ0) is 13.1. The molecular weight excluding hydrogens is 331 g/mol. The molecule has 0 radical (unpaired) electrons. The average Bonchev–Trinajstić information content (AvgIpc) is 2.15. The Balaban J connectivity index is 2.94. The first-order chi connectivity index (χ1) is 7.81. The number of carboxylic acid groups (broad SMARTS) is 1. The fraction of sp³-hybridized carbons (Fsp3) is 0.417. The van der Waals surface area contributed by atoms with Crippen LogP contribution in [0.5, 0.6) is 0 Å². The normalized spacial score (nSPS) is 16.0. The number of rotatable bonds is 4. The Morgan fingerprint density at radius 2 is 2.29 bits per heavy atom. The summed E-state index contributed by atoms with van der Waals surface area (Å²) in [6.07, 6.45) is -0.243. The maximum absolute atomic E-state index is 10.7. The summed E-state index contributed by atoms with van der Waals surface area (Å²) in [6.45, 7) is 3.78. The van der Waals surface area contributed by atoms with Gasteiger partial charge in [-0.05, 0) is 54.0 Å². The second-order valence-electron chi connectivity index (χ2n) is 4.31. The number of nitrogens with two attached hydrogens (primary N) is 1. The summed E-state index contributed by atoms with van der Waals surface area (Å²) >= 11 is 2.08. The number of benzene rings is 1. The maximum atomic E-state index is 10.7. The average molecular weight is 348 g/mol. The first kappa shape index (κ1) is 14.2. The van der Waals surface area contributed by atoms with Crippen molar-refractivity contribution in [2.24, 2.45) is 5.73 Å². The number of hydrogen-bond donors (Lipinski definition) is 3. The van der Waals surface area contributed by atoms with Crippen LogP contribution >= 0.6 is 22.6 Å². The van der Waals surface area contributed by atoms with E-state index in [9.17, 15) is 4.79 Å². The van der Waals surface area contributed by atoms with Crippen molar-refractivity contribution < 1.29 is 9.90 Å². The van der Waals surface area contributed by atoms with E-state index in [-0.39, 0.29) is 6.04 Å². The molecule has 0 aromatic heterocycles. The second kappa shape index (κ2) is 5.68. The van der Waals surface area contributed by atoms with Gasteiger partial charge in [0.1, 0.15) is 3.55 Å². The Kier molecular flexibility index (Phi) is 4.76. The standard InChI is InChI=1S/C12H17IN2O2/c1-8(14)6-9-4-3-5-10(7-9)12(2,13)15-11(16)17/h3-5,7-8,15H,6,14H2,1-2H3,(H,16,17). The molecule has 2 unspecified atom stereocenters. The highest BCUT2D eigenvalue weighted by atomic mass is 127. The molecule has 1 aromatic rings. The van der Waals surface area contributed by atoms with E-state index in [1.165, 1.54) is 0 Å². The van der Waals surface area contributed by atoms with Gasteiger partial charge in [-0.25, -0.2) is 4.79 Å². The smallest absolute Gasteiger partial charge is 0.405 e. The van der Waals surface area contributed by atoms with Crippen molar-refractivity contribution in [2.45, 2.75) is 29.9 Å². The van der Waals surface area contributed by atoms with Crippen LogP contribution in [0.25, 0.3) is 0 Å². The molecule has 0 saturated heterocycles. The van der Waals surface area contributed by atoms with Crippen molar-refractivity contribution >= 4 is 28.7 Å². The summed E-state index contributed by atoms with van der Waals surface area (Å²) in [5.41, 5.74) is 7.80. The highest BCUT2D eigenvalue weighted by Gasteiger charge is 2.24. The molecule has 0 spiro atoms. The lowest BCUT2D eigenvalue weighted by molar-refractivity contribution is 0.190. The molecule has 0 saturated carbocycles. The largest absolute Gasteiger partial charge is 0.465 e. The number of hydrogen-bond acceptors (Lipinski definition) is 2. The van der Waals surface area contributed by atoms with Gasteiger partial charge >= 0.3 is 6.09 Å². The van der Waals surface area contributed by atoms with Gasteiger partial charge < -0.3 is 16.2 Å². The number of carbonyl (C=O) groups is 1. The van der Waals surface area contributed by atoms with Gasteiger partial charge in [-0.15, -0.1) is 0 Å². The second-order valence-corrected chi connectivity index (χ2v) is 6.47. The lowest BCUT2D eigenvalue weighted by atomic mass is 10.0. The van der Waals surface area contributed by atoms with Gasteiger partial charge in [-0.2, -0.15) is 0 Å². The van der Waals surface area contributed by atoms with Gasteiger partial charge in [0.2, 0.25) is 0 Å². The van der Waals surface area contributed by atoms with Crippen LogP contribution in [0.1, 0.15) is 25.0 Å². The van der Waals surface area contributed by atoms with Crippen molar-refractivity contribution in [1.29, 1.82) is 0 Å². The Morgan fingerprint density at radius 1 is 1.65 bits per heavy atom. The minimum atomic E-state index is -1.03. The molecule has 2 atom stereocenters. The van der Waals surface area contributed by atoms with Gasteiger partial charge in [0.05, 0.1) is 0 Å². The van der Waals surface area contributed by atoms with Crippen LogP contribution in [0.4, 0.5) is 4.79 Å². The molecule has 17 heavy (non-hydrogen) atoms. The van der Waals surface area contributed by atoms with Gasteiger partial charge in [-0.1, -0.05) is 24.3 Å². The monoisotopic (exact) mass is 348 g/mol. The van der Waals surface area contributed by atoms with E-state index in [0.717, 1.165) is 17.5 Å². The van der Waals surface area contributed by atoms with Gasteiger partial charge in [0, 0.05) is 6.04 Å². The third-order valence-electron chi connectivity index (χ3n) is 2.37. The SMILES string of the molecule is CC(N)Cc1cccc(C(C)(I)NC(=O)O)c1. The molecule has 0 aliphatic heterocycles. The molecule has 1 aromatic carbocycles. The first-order valence-electron chi connectivity index (χ1n) is 5.36. The van der Waals surface area contributed by atoms with Crippen LogP contribution in [-0.2, 0) is 9.97 Å². The van der Waals surface area contributed by atoms with Crippen molar-refractivity contribution in [3.05, 3.63) is 35.4 Å². The van der Waals surface area contributed by atoms with Crippen molar-refractivity contribution in [2.75, 3.05) is 0 Å². The van der Waals surface area contributed by atoms with E-state index >= 15 is 0 Å². The molecule has 5 heteroatoms. The number of alkyl halides is 1. The van der Waals surface area contributed by atoms with Crippen LogP contribution in [0.15, 0.2) is 24.3 Å². The van der Waals surface area contributed by atoms with E-state index in [0.29, 0.717) is 0 Å². The maximum Gasteiger partial charge on any atom is 0.405 e. The molecule has 0 aliphatic rings. The quantitative estimate of drug-likeness (QED) is 0.445. The predicted octanol–water partition coefficient (Wildman–Crippen LogP) is 2.45. The Labute approximate surface area is 115 Å². The molecular formula is C12H17IN2O2. The zero-order valence-electron chi connectivity index (χ0n) is 9.90. The van der Waals surface area contributed by atoms with Crippen LogP contribution in [0.2, 0.25) is 0 Å². The van der Waals surface area contributed by atoms with Crippen molar-refractivity contribution in [3.63, 3.8) is 0 Å². The number of amides is 1. The summed E-state index contributed by atoms with van der Waals surface area (Å²) in [7, 11) is 0. The molecule has 0 fully saturated rings. The molecule has 4 nitrogen and oxygen atoms in total. The fourth-order valence-corrected chi connectivity index (χ4v) is 2.20. The Hall–Kier alpha value is -0.820. The topological polar surface area (TPSA) is 75.3 Å². The van der Waals surface area contributed by atoms with Crippen LogP contribution in [-0.4, -0.2) is 17.2 Å². The minimum Gasteiger partial charge on any atom is -0.465 e. The third kappa shape index (κ3) is 4.51. The first-order valence-corrected chi connectivity index (χ1v) is 6.44. The summed E-state index contributed by atoms with van der Waals surface area (Å²) in [4.78, 5) is 10.7. The van der Waals surface area contributed by atoms with Crippen LogP contribution < -0.4 is 11.1 Å². The molecule has 0 heterocycles. The van der Waals surface area contributed by atoms with Gasteiger partial charge in [0.25, 0.3) is 0 Å². The summed E-state index contributed by atoms with van der Waals surface area (Å²) in [5.74, 6) is 0.